The van der Waals surface area contributed by atoms with Crippen LogP contribution in [-0.2, 0) is 16.1 Å². The van der Waals surface area contributed by atoms with E-state index < -0.39 is 11.9 Å². The van der Waals surface area contributed by atoms with Crippen LogP contribution in [0.1, 0.15) is 5.56 Å². The molecule has 1 rings (SSSR count). The molecule has 1 amide bonds. The van der Waals surface area contributed by atoms with E-state index >= 15 is 0 Å². The fourth-order valence-corrected chi connectivity index (χ4v) is 1.12. The third-order valence-electron chi connectivity index (χ3n) is 1.76. The third-order valence-corrected chi connectivity index (χ3v) is 2.01. The van der Waals surface area contributed by atoms with Crippen LogP contribution in [0.5, 0.6) is 0 Å². The number of aliphatic carboxylic acids is 1. The van der Waals surface area contributed by atoms with Crippen LogP contribution in [0.3, 0.4) is 0 Å². The summed E-state index contributed by atoms with van der Waals surface area (Å²) in [6, 6.07) is 7.00. The van der Waals surface area contributed by atoms with Crippen LogP contribution >= 0.6 is 11.6 Å². The van der Waals surface area contributed by atoms with Crippen LogP contribution in [0.25, 0.3) is 0 Å². The molecule has 0 aliphatic carbocycles. The number of nitrogens with one attached hydrogen (secondary N) is 1. The lowest BCUT2D eigenvalue weighted by molar-refractivity contribution is -0.131. The van der Waals surface area contributed by atoms with Gasteiger partial charge in [-0.1, -0.05) is 23.7 Å². The molecule has 5 heteroatoms. The summed E-state index contributed by atoms with van der Waals surface area (Å²) < 4.78 is 0. The Morgan fingerprint density at radius 1 is 1.25 bits per heavy atom. The Labute approximate surface area is 97.5 Å². The number of carboxylic acids is 1. The van der Waals surface area contributed by atoms with Gasteiger partial charge in [-0.2, -0.15) is 0 Å². The Morgan fingerprint density at radius 2 is 1.88 bits per heavy atom. The highest BCUT2D eigenvalue weighted by molar-refractivity contribution is 6.30. The Kier molecular flexibility index (Phi) is 4.54. The zero-order chi connectivity index (χ0) is 12.0. The number of hydrogen-bond acceptors (Lipinski definition) is 2. The molecule has 0 bridgehead atoms. The predicted molar refractivity (Wildman–Crippen MR) is 60.1 cm³/mol. The maximum atomic E-state index is 11.1. The molecule has 0 heterocycles. The first kappa shape index (κ1) is 12.3. The number of carboxylic acid groups (broad SMARTS) is 1. The number of hydrogen-bond donors (Lipinski definition) is 2. The van der Waals surface area contributed by atoms with Gasteiger partial charge in [-0.3, -0.25) is 4.79 Å². The number of halogens is 1. The molecule has 0 saturated carbocycles. The lowest BCUT2D eigenvalue weighted by Crippen LogP contribution is -2.20. The summed E-state index contributed by atoms with van der Waals surface area (Å²) >= 11 is 5.70. The summed E-state index contributed by atoms with van der Waals surface area (Å²) in [7, 11) is 0. The maximum absolute atomic E-state index is 11.1. The van der Waals surface area contributed by atoms with Crippen LogP contribution in [0, 0.1) is 0 Å². The average molecular weight is 240 g/mol. The Hall–Kier alpha value is -1.81. The molecule has 1 aromatic rings. The van der Waals surface area contributed by atoms with Crippen molar-refractivity contribution in [3.8, 4) is 0 Å². The molecule has 0 fully saturated rings. The molecule has 2 N–H and O–H groups in total. The molecule has 0 atom stereocenters. The molecular weight excluding hydrogens is 230 g/mol. The van der Waals surface area contributed by atoms with Crippen molar-refractivity contribution in [1.82, 2.24) is 5.32 Å². The molecule has 84 valence electrons. The highest BCUT2D eigenvalue weighted by Gasteiger charge is 1.97. The summed E-state index contributed by atoms with van der Waals surface area (Å²) in [6.07, 6.45) is 1.76. The molecule has 1 aromatic carbocycles. The van der Waals surface area contributed by atoms with E-state index in [4.69, 9.17) is 16.7 Å². The van der Waals surface area contributed by atoms with Gasteiger partial charge in [0.15, 0.2) is 0 Å². The van der Waals surface area contributed by atoms with E-state index in [1.807, 2.05) is 0 Å². The second-order valence-corrected chi connectivity index (χ2v) is 3.45. The van der Waals surface area contributed by atoms with Crippen molar-refractivity contribution in [2.45, 2.75) is 6.54 Å². The topological polar surface area (TPSA) is 66.4 Å². The van der Waals surface area contributed by atoms with E-state index in [1.165, 1.54) is 0 Å². The maximum Gasteiger partial charge on any atom is 0.328 e. The van der Waals surface area contributed by atoms with Gasteiger partial charge in [0.2, 0.25) is 5.91 Å². The number of carbonyl (C=O) groups is 2. The molecule has 0 aromatic heterocycles. The first-order chi connectivity index (χ1) is 7.58. The van der Waals surface area contributed by atoms with Crippen molar-refractivity contribution in [2.75, 3.05) is 0 Å². The van der Waals surface area contributed by atoms with Crippen LogP contribution in [0.15, 0.2) is 36.4 Å². The summed E-state index contributed by atoms with van der Waals surface area (Å²) in [5, 5.41) is 11.5. The van der Waals surface area contributed by atoms with Gasteiger partial charge in [-0.25, -0.2) is 4.79 Å². The van der Waals surface area contributed by atoms with Crippen molar-refractivity contribution in [3.05, 3.63) is 47.0 Å². The fraction of sp³-hybridized carbons (Fsp3) is 0.0909. The van der Waals surface area contributed by atoms with Crippen LogP contribution < -0.4 is 5.32 Å². The summed E-state index contributed by atoms with van der Waals surface area (Å²) in [5.74, 6) is -1.60. The van der Waals surface area contributed by atoms with E-state index in [1.54, 1.807) is 24.3 Å². The van der Waals surface area contributed by atoms with Crippen LogP contribution in [0.2, 0.25) is 5.02 Å². The monoisotopic (exact) mass is 239 g/mol. The average Bonchev–Trinajstić information content (AvgIpc) is 2.25. The normalized spacial score (nSPS) is 10.3. The zero-order valence-electron chi connectivity index (χ0n) is 8.31. The highest BCUT2D eigenvalue weighted by atomic mass is 35.5. The standard InChI is InChI=1S/C11H10ClNO3/c12-9-3-1-8(2-4-9)7-13-10(14)5-6-11(15)16/h1-6H,7H2,(H,13,14)(H,15,16). The number of rotatable bonds is 4. The van der Waals surface area contributed by atoms with Gasteiger partial charge >= 0.3 is 5.97 Å². The van der Waals surface area contributed by atoms with Gasteiger partial charge in [0.1, 0.15) is 0 Å². The molecule has 0 radical (unpaired) electrons. The molecule has 0 saturated heterocycles. The van der Waals surface area contributed by atoms with Crippen molar-refractivity contribution < 1.29 is 14.7 Å². The third kappa shape index (κ3) is 4.61. The minimum Gasteiger partial charge on any atom is -0.478 e. The van der Waals surface area contributed by atoms with E-state index in [0.717, 1.165) is 17.7 Å². The highest BCUT2D eigenvalue weighted by Crippen LogP contribution is 2.08. The van der Waals surface area contributed by atoms with Gasteiger partial charge in [-0.15, -0.1) is 0 Å². The molecular formula is C11H10ClNO3. The SMILES string of the molecule is O=C(O)C=CC(=O)NCc1ccc(Cl)cc1. The predicted octanol–water partition coefficient (Wildman–Crippen LogP) is 1.60. The van der Waals surface area contributed by atoms with Crippen molar-refractivity contribution >= 4 is 23.5 Å². The van der Waals surface area contributed by atoms with Gasteiger partial charge in [0.25, 0.3) is 0 Å². The molecule has 0 spiro atoms. The molecule has 0 aliphatic heterocycles. The van der Waals surface area contributed by atoms with E-state index in [9.17, 15) is 9.59 Å². The lowest BCUT2D eigenvalue weighted by Gasteiger charge is -2.02. The fourth-order valence-electron chi connectivity index (χ4n) is 0.997. The molecule has 0 aliphatic rings. The molecule has 16 heavy (non-hydrogen) atoms. The lowest BCUT2D eigenvalue weighted by atomic mass is 10.2. The quantitative estimate of drug-likeness (QED) is 0.785. The smallest absolute Gasteiger partial charge is 0.328 e. The number of benzene rings is 1. The second-order valence-electron chi connectivity index (χ2n) is 3.02. The molecule has 0 unspecified atom stereocenters. The summed E-state index contributed by atoms with van der Waals surface area (Å²) in [5.41, 5.74) is 0.890. The first-order valence-electron chi connectivity index (χ1n) is 4.51. The zero-order valence-corrected chi connectivity index (χ0v) is 9.07. The van der Waals surface area contributed by atoms with E-state index in [2.05, 4.69) is 5.32 Å². The van der Waals surface area contributed by atoms with Gasteiger partial charge in [0.05, 0.1) is 0 Å². The summed E-state index contributed by atoms with van der Waals surface area (Å²) in [6.45, 7) is 0.333. The van der Waals surface area contributed by atoms with Crippen molar-refractivity contribution in [3.63, 3.8) is 0 Å². The minimum absolute atomic E-state index is 0.333. The first-order valence-corrected chi connectivity index (χ1v) is 4.89. The van der Waals surface area contributed by atoms with Gasteiger partial charge in [-0.05, 0) is 17.7 Å². The van der Waals surface area contributed by atoms with Gasteiger partial charge in [0, 0.05) is 23.7 Å². The molecule has 4 nitrogen and oxygen atoms in total. The Morgan fingerprint density at radius 3 is 2.44 bits per heavy atom. The van der Waals surface area contributed by atoms with E-state index in [-0.39, 0.29) is 0 Å². The number of carbonyl (C=O) groups excluding carboxylic acids is 1. The van der Waals surface area contributed by atoms with Crippen molar-refractivity contribution in [1.29, 1.82) is 0 Å². The van der Waals surface area contributed by atoms with Crippen LogP contribution in [-0.4, -0.2) is 17.0 Å². The largest absolute Gasteiger partial charge is 0.478 e. The Balaban J connectivity index is 2.43. The van der Waals surface area contributed by atoms with Gasteiger partial charge < -0.3 is 10.4 Å². The summed E-state index contributed by atoms with van der Waals surface area (Å²) in [4.78, 5) is 21.2. The Bertz CT molecular complexity index is 412. The van der Waals surface area contributed by atoms with Crippen LogP contribution in [0.4, 0.5) is 0 Å². The number of amides is 1. The minimum atomic E-state index is -1.15. The van der Waals surface area contributed by atoms with E-state index in [0.29, 0.717) is 11.6 Å². The second kappa shape index (κ2) is 5.92. The van der Waals surface area contributed by atoms with Crippen molar-refractivity contribution in [2.24, 2.45) is 0 Å².